The SMILES string of the molecule is O=C(Nc1cc(Cl)cc(Cl)c1)N1CC[C@@H](O)C1. The Bertz CT molecular complexity index is 419. The molecular formula is C11H12Cl2N2O2. The molecule has 4 nitrogen and oxygen atoms in total. The summed E-state index contributed by atoms with van der Waals surface area (Å²) in [6.45, 7) is 0.918. The Hall–Kier alpha value is -0.970. The van der Waals surface area contributed by atoms with E-state index in [4.69, 9.17) is 23.2 Å². The third-order valence-corrected chi connectivity index (χ3v) is 3.00. The van der Waals surface area contributed by atoms with E-state index in [0.717, 1.165) is 0 Å². The van der Waals surface area contributed by atoms with E-state index in [0.29, 0.717) is 35.2 Å². The van der Waals surface area contributed by atoms with E-state index in [1.165, 1.54) is 0 Å². The minimum absolute atomic E-state index is 0.250. The number of carbonyl (C=O) groups excluding carboxylic acids is 1. The molecule has 2 N–H and O–H groups in total. The summed E-state index contributed by atoms with van der Waals surface area (Å²) >= 11 is 11.7. The summed E-state index contributed by atoms with van der Waals surface area (Å²) in [5.74, 6) is 0. The number of nitrogens with zero attached hydrogens (tertiary/aromatic N) is 1. The van der Waals surface area contributed by atoms with Crippen LogP contribution in [0, 0.1) is 0 Å². The van der Waals surface area contributed by atoms with Gasteiger partial charge in [-0.05, 0) is 24.6 Å². The molecule has 0 radical (unpaired) electrons. The monoisotopic (exact) mass is 274 g/mol. The third kappa shape index (κ3) is 3.25. The highest BCUT2D eigenvalue weighted by atomic mass is 35.5. The molecule has 1 aromatic carbocycles. The van der Waals surface area contributed by atoms with Crippen molar-refractivity contribution in [1.29, 1.82) is 0 Å². The van der Waals surface area contributed by atoms with E-state index < -0.39 is 6.10 Å². The summed E-state index contributed by atoms with van der Waals surface area (Å²) in [5.41, 5.74) is 0.550. The molecule has 1 saturated heterocycles. The molecule has 1 aromatic rings. The van der Waals surface area contributed by atoms with Crippen molar-refractivity contribution >= 4 is 34.9 Å². The predicted octanol–water partition coefficient (Wildman–Crippen LogP) is 2.59. The molecule has 0 aliphatic carbocycles. The summed E-state index contributed by atoms with van der Waals surface area (Å²) in [4.78, 5) is 13.4. The molecule has 1 aliphatic rings. The van der Waals surface area contributed by atoms with Crippen molar-refractivity contribution in [2.75, 3.05) is 18.4 Å². The molecule has 92 valence electrons. The van der Waals surface area contributed by atoms with Crippen LogP contribution >= 0.6 is 23.2 Å². The highest BCUT2D eigenvalue weighted by Crippen LogP contribution is 2.23. The summed E-state index contributed by atoms with van der Waals surface area (Å²) in [6, 6.07) is 4.59. The first-order valence-corrected chi connectivity index (χ1v) is 6.00. The average molecular weight is 275 g/mol. The third-order valence-electron chi connectivity index (χ3n) is 2.56. The van der Waals surface area contributed by atoms with E-state index in [1.807, 2.05) is 0 Å². The van der Waals surface area contributed by atoms with Crippen LogP contribution in [-0.2, 0) is 0 Å². The maximum Gasteiger partial charge on any atom is 0.321 e. The van der Waals surface area contributed by atoms with Crippen molar-refractivity contribution in [3.8, 4) is 0 Å². The lowest BCUT2D eigenvalue weighted by molar-refractivity contribution is 0.176. The molecule has 17 heavy (non-hydrogen) atoms. The first-order valence-electron chi connectivity index (χ1n) is 5.24. The normalized spacial score (nSPS) is 19.5. The van der Waals surface area contributed by atoms with Crippen molar-refractivity contribution in [3.63, 3.8) is 0 Å². The van der Waals surface area contributed by atoms with E-state index in [9.17, 15) is 9.90 Å². The molecule has 2 amide bonds. The van der Waals surface area contributed by atoms with Gasteiger partial charge in [-0.1, -0.05) is 23.2 Å². The lowest BCUT2D eigenvalue weighted by Crippen LogP contribution is -2.33. The van der Waals surface area contributed by atoms with Crippen molar-refractivity contribution in [1.82, 2.24) is 4.90 Å². The van der Waals surface area contributed by atoms with Gasteiger partial charge in [0.15, 0.2) is 0 Å². The summed E-state index contributed by atoms with van der Waals surface area (Å²) < 4.78 is 0. The molecule has 1 heterocycles. The van der Waals surface area contributed by atoms with Crippen molar-refractivity contribution in [2.45, 2.75) is 12.5 Å². The topological polar surface area (TPSA) is 52.6 Å². The number of rotatable bonds is 1. The molecule has 0 aromatic heterocycles. The molecule has 1 aliphatic heterocycles. The maximum atomic E-state index is 11.8. The summed E-state index contributed by atoms with van der Waals surface area (Å²) in [5, 5.41) is 13.0. The van der Waals surface area contributed by atoms with E-state index in [2.05, 4.69) is 5.32 Å². The molecule has 0 bridgehead atoms. The number of carbonyl (C=O) groups is 1. The summed E-state index contributed by atoms with van der Waals surface area (Å²) in [6.07, 6.45) is 0.188. The van der Waals surface area contributed by atoms with Crippen LogP contribution in [0.25, 0.3) is 0 Å². The number of urea groups is 1. The predicted molar refractivity (Wildman–Crippen MR) is 67.7 cm³/mol. The van der Waals surface area contributed by atoms with Crippen LogP contribution < -0.4 is 5.32 Å². The van der Waals surface area contributed by atoms with Crippen LogP contribution in [0.2, 0.25) is 10.0 Å². The Balaban J connectivity index is 2.03. The van der Waals surface area contributed by atoms with Crippen LogP contribution in [0.5, 0.6) is 0 Å². The fourth-order valence-corrected chi connectivity index (χ4v) is 2.28. The molecule has 6 heteroatoms. The lowest BCUT2D eigenvalue weighted by atomic mass is 10.3. The molecule has 0 unspecified atom stereocenters. The number of nitrogens with one attached hydrogen (secondary N) is 1. The first kappa shape index (κ1) is 12.5. The second-order valence-electron chi connectivity index (χ2n) is 3.98. The van der Waals surface area contributed by atoms with Crippen LogP contribution in [0.3, 0.4) is 0 Å². The minimum atomic E-state index is -0.427. The van der Waals surface area contributed by atoms with Gasteiger partial charge >= 0.3 is 6.03 Å². The number of hydrogen-bond donors (Lipinski definition) is 2. The standard InChI is InChI=1S/C11H12Cl2N2O2/c12-7-3-8(13)5-9(4-7)14-11(17)15-2-1-10(16)6-15/h3-5,10,16H,1-2,6H2,(H,14,17)/t10-/m1/s1. The Morgan fingerprint density at radius 3 is 2.53 bits per heavy atom. The molecule has 2 rings (SSSR count). The number of halogens is 2. The Labute approximate surface area is 109 Å². The van der Waals surface area contributed by atoms with Gasteiger partial charge in [0.1, 0.15) is 0 Å². The van der Waals surface area contributed by atoms with Gasteiger partial charge in [-0.15, -0.1) is 0 Å². The quantitative estimate of drug-likeness (QED) is 0.827. The number of anilines is 1. The van der Waals surface area contributed by atoms with Gasteiger partial charge in [0.2, 0.25) is 0 Å². The number of β-amino-alcohol motifs (C(OH)–C–C–N with tert-alkyl or cyclic N) is 1. The molecule has 1 atom stereocenters. The van der Waals surface area contributed by atoms with Gasteiger partial charge in [-0.2, -0.15) is 0 Å². The fourth-order valence-electron chi connectivity index (χ4n) is 1.75. The van der Waals surface area contributed by atoms with Gasteiger partial charge < -0.3 is 15.3 Å². The zero-order valence-electron chi connectivity index (χ0n) is 8.99. The highest BCUT2D eigenvalue weighted by molar-refractivity contribution is 6.35. The van der Waals surface area contributed by atoms with Gasteiger partial charge in [-0.25, -0.2) is 4.79 Å². The number of aliphatic hydroxyl groups is 1. The number of hydrogen-bond acceptors (Lipinski definition) is 2. The average Bonchev–Trinajstić information content (AvgIpc) is 2.63. The largest absolute Gasteiger partial charge is 0.391 e. The van der Waals surface area contributed by atoms with E-state index in [-0.39, 0.29) is 6.03 Å². The Morgan fingerprint density at radius 2 is 2.00 bits per heavy atom. The minimum Gasteiger partial charge on any atom is -0.391 e. The smallest absolute Gasteiger partial charge is 0.321 e. The summed E-state index contributed by atoms with van der Waals surface area (Å²) in [7, 11) is 0. The van der Waals surface area contributed by atoms with E-state index >= 15 is 0 Å². The number of likely N-dealkylation sites (tertiary alicyclic amines) is 1. The van der Waals surface area contributed by atoms with Crippen LogP contribution in [0.4, 0.5) is 10.5 Å². The van der Waals surface area contributed by atoms with Crippen LogP contribution in [0.15, 0.2) is 18.2 Å². The number of benzene rings is 1. The number of aliphatic hydroxyl groups excluding tert-OH is 1. The first-order chi connectivity index (χ1) is 8.04. The second-order valence-corrected chi connectivity index (χ2v) is 4.85. The van der Waals surface area contributed by atoms with Crippen LogP contribution in [0.1, 0.15) is 6.42 Å². The highest BCUT2D eigenvalue weighted by Gasteiger charge is 2.24. The van der Waals surface area contributed by atoms with Gasteiger partial charge in [0, 0.05) is 28.8 Å². The van der Waals surface area contributed by atoms with Gasteiger partial charge in [0.25, 0.3) is 0 Å². The van der Waals surface area contributed by atoms with Crippen molar-refractivity contribution in [2.24, 2.45) is 0 Å². The molecular weight excluding hydrogens is 263 g/mol. The second kappa shape index (κ2) is 5.12. The fraction of sp³-hybridized carbons (Fsp3) is 0.364. The van der Waals surface area contributed by atoms with E-state index in [1.54, 1.807) is 23.1 Å². The van der Waals surface area contributed by atoms with Crippen molar-refractivity contribution < 1.29 is 9.90 Å². The van der Waals surface area contributed by atoms with Crippen molar-refractivity contribution in [3.05, 3.63) is 28.2 Å². The maximum absolute atomic E-state index is 11.8. The molecule has 0 saturated carbocycles. The zero-order chi connectivity index (χ0) is 12.4. The van der Waals surface area contributed by atoms with Gasteiger partial charge in [-0.3, -0.25) is 0 Å². The lowest BCUT2D eigenvalue weighted by Gasteiger charge is -2.16. The van der Waals surface area contributed by atoms with Gasteiger partial charge in [0.05, 0.1) is 6.10 Å². The Morgan fingerprint density at radius 1 is 1.35 bits per heavy atom. The van der Waals surface area contributed by atoms with Crippen LogP contribution in [-0.4, -0.2) is 35.2 Å². The molecule has 1 fully saturated rings. The number of amides is 2. The Kier molecular flexibility index (Phi) is 3.76. The molecule has 0 spiro atoms. The zero-order valence-corrected chi connectivity index (χ0v) is 10.5.